The largest absolute Gasteiger partial charge is 0.383 e. The van der Waals surface area contributed by atoms with Crippen LogP contribution in [0.15, 0.2) is 15.9 Å². The SMILES string of the molecule is COCCNCCOCCc1sccc1Br. The van der Waals surface area contributed by atoms with Gasteiger partial charge in [-0.1, -0.05) is 0 Å². The van der Waals surface area contributed by atoms with E-state index in [1.165, 1.54) is 9.35 Å². The molecule has 0 amide bonds. The van der Waals surface area contributed by atoms with Crippen LogP contribution in [0.5, 0.6) is 0 Å². The molecule has 0 unspecified atom stereocenters. The zero-order valence-corrected chi connectivity index (χ0v) is 11.9. The first-order valence-electron chi connectivity index (χ1n) is 5.34. The Bertz CT molecular complexity index is 281. The Balaban J connectivity index is 1.91. The molecule has 1 rings (SSSR count). The summed E-state index contributed by atoms with van der Waals surface area (Å²) in [6.45, 7) is 4.06. The molecule has 1 N–H and O–H groups in total. The molecule has 0 aliphatic rings. The first kappa shape index (κ1) is 14.1. The van der Waals surface area contributed by atoms with Crippen molar-refractivity contribution in [2.45, 2.75) is 6.42 Å². The van der Waals surface area contributed by atoms with Gasteiger partial charge in [0.25, 0.3) is 0 Å². The molecule has 1 aromatic rings. The molecule has 0 bridgehead atoms. The molecule has 0 aromatic carbocycles. The molecule has 0 atom stereocenters. The lowest BCUT2D eigenvalue weighted by Gasteiger charge is -2.05. The second-order valence-electron chi connectivity index (χ2n) is 3.30. The van der Waals surface area contributed by atoms with E-state index in [-0.39, 0.29) is 0 Å². The van der Waals surface area contributed by atoms with Crippen molar-refractivity contribution in [3.8, 4) is 0 Å². The van der Waals surface area contributed by atoms with Crippen molar-refractivity contribution in [2.24, 2.45) is 0 Å². The average Bonchev–Trinajstić information content (AvgIpc) is 2.68. The van der Waals surface area contributed by atoms with Gasteiger partial charge in [-0.3, -0.25) is 0 Å². The van der Waals surface area contributed by atoms with Crippen LogP contribution in [-0.2, 0) is 15.9 Å². The second-order valence-corrected chi connectivity index (χ2v) is 5.15. The van der Waals surface area contributed by atoms with E-state index in [9.17, 15) is 0 Å². The second kappa shape index (κ2) is 9.13. The highest BCUT2D eigenvalue weighted by molar-refractivity contribution is 9.10. The van der Waals surface area contributed by atoms with Crippen LogP contribution in [0.25, 0.3) is 0 Å². The van der Waals surface area contributed by atoms with Gasteiger partial charge in [-0.2, -0.15) is 0 Å². The van der Waals surface area contributed by atoms with Crippen LogP contribution >= 0.6 is 27.3 Å². The Morgan fingerprint density at radius 1 is 1.31 bits per heavy atom. The van der Waals surface area contributed by atoms with E-state index in [0.717, 1.165) is 39.3 Å². The smallest absolute Gasteiger partial charge is 0.0591 e. The predicted octanol–water partition coefficient (Wildman–Crippen LogP) is 2.31. The van der Waals surface area contributed by atoms with E-state index in [4.69, 9.17) is 9.47 Å². The van der Waals surface area contributed by atoms with Crippen LogP contribution in [0, 0.1) is 0 Å². The molecule has 1 heterocycles. The zero-order chi connectivity index (χ0) is 11.6. The molecule has 0 radical (unpaired) electrons. The van der Waals surface area contributed by atoms with E-state index in [1.54, 1.807) is 18.4 Å². The Morgan fingerprint density at radius 3 is 2.81 bits per heavy atom. The van der Waals surface area contributed by atoms with Gasteiger partial charge in [0.15, 0.2) is 0 Å². The third kappa shape index (κ3) is 5.96. The van der Waals surface area contributed by atoms with Gasteiger partial charge in [0.05, 0.1) is 19.8 Å². The summed E-state index contributed by atoms with van der Waals surface area (Å²) in [5.41, 5.74) is 0. The van der Waals surface area contributed by atoms with E-state index >= 15 is 0 Å². The topological polar surface area (TPSA) is 30.5 Å². The highest BCUT2D eigenvalue weighted by atomic mass is 79.9. The molecule has 5 heteroatoms. The summed E-state index contributed by atoms with van der Waals surface area (Å²) in [5.74, 6) is 0. The van der Waals surface area contributed by atoms with Gasteiger partial charge in [0.1, 0.15) is 0 Å². The van der Waals surface area contributed by atoms with Gasteiger partial charge >= 0.3 is 0 Å². The molecule has 0 aliphatic carbocycles. The summed E-state index contributed by atoms with van der Waals surface area (Å²) in [7, 11) is 1.71. The fourth-order valence-electron chi connectivity index (χ4n) is 1.21. The molecule has 3 nitrogen and oxygen atoms in total. The van der Waals surface area contributed by atoms with Crippen LogP contribution in [0.2, 0.25) is 0 Å². The summed E-state index contributed by atoms with van der Waals surface area (Å²) in [5, 5.41) is 5.32. The number of methoxy groups -OCH3 is 1. The Morgan fingerprint density at radius 2 is 2.12 bits per heavy atom. The number of ether oxygens (including phenoxy) is 2. The minimum absolute atomic E-state index is 0.752. The van der Waals surface area contributed by atoms with Crippen molar-refractivity contribution < 1.29 is 9.47 Å². The number of nitrogens with one attached hydrogen (secondary N) is 1. The summed E-state index contributed by atoms with van der Waals surface area (Å²) in [4.78, 5) is 1.35. The summed E-state index contributed by atoms with van der Waals surface area (Å²) >= 11 is 5.27. The zero-order valence-electron chi connectivity index (χ0n) is 9.50. The standard InChI is InChI=1S/C11H18BrNO2S/c1-14-7-4-13-5-8-15-6-2-11-10(12)3-9-16-11/h3,9,13H,2,4-8H2,1H3. The minimum atomic E-state index is 0.752. The van der Waals surface area contributed by atoms with E-state index in [2.05, 4.69) is 32.7 Å². The maximum Gasteiger partial charge on any atom is 0.0591 e. The highest BCUT2D eigenvalue weighted by Crippen LogP contribution is 2.22. The monoisotopic (exact) mass is 307 g/mol. The Labute approximate surface area is 109 Å². The molecular formula is C11H18BrNO2S. The predicted molar refractivity (Wildman–Crippen MR) is 71.3 cm³/mol. The van der Waals surface area contributed by atoms with Crippen molar-refractivity contribution in [3.05, 3.63) is 20.8 Å². The molecule has 0 spiro atoms. The van der Waals surface area contributed by atoms with Gasteiger partial charge < -0.3 is 14.8 Å². The van der Waals surface area contributed by atoms with Crippen LogP contribution in [-0.4, -0.2) is 40.0 Å². The maximum atomic E-state index is 5.52. The van der Waals surface area contributed by atoms with E-state index in [1.807, 2.05) is 0 Å². The third-order valence-corrected chi connectivity index (χ3v) is 4.06. The van der Waals surface area contributed by atoms with Gasteiger partial charge in [0.2, 0.25) is 0 Å². The van der Waals surface area contributed by atoms with E-state index < -0.39 is 0 Å². The summed E-state index contributed by atoms with van der Waals surface area (Å²) in [6, 6.07) is 2.08. The van der Waals surface area contributed by atoms with Crippen LogP contribution in [0.4, 0.5) is 0 Å². The van der Waals surface area contributed by atoms with Gasteiger partial charge in [-0.25, -0.2) is 0 Å². The van der Waals surface area contributed by atoms with Gasteiger partial charge in [0, 0.05) is 36.0 Å². The van der Waals surface area contributed by atoms with Crippen molar-refractivity contribution in [1.82, 2.24) is 5.32 Å². The normalized spacial score (nSPS) is 10.9. The summed E-state index contributed by atoms with van der Waals surface area (Å²) < 4.78 is 11.6. The molecule has 92 valence electrons. The van der Waals surface area contributed by atoms with Crippen molar-refractivity contribution in [3.63, 3.8) is 0 Å². The molecule has 16 heavy (non-hydrogen) atoms. The first-order valence-corrected chi connectivity index (χ1v) is 7.01. The van der Waals surface area contributed by atoms with Gasteiger partial charge in [-0.05, 0) is 27.4 Å². The van der Waals surface area contributed by atoms with Crippen molar-refractivity contribution in [2.75, 3.05) is 40.0 Å². The van der Waals surface area contributed by atoms with Crippen molar-refractivity contribution >= 4 is 27.3 Å². The average molecular weight is 308 g/mol. The number of rotatable bonds is 9. The molecule has 0 fully saturated rings. The number of thiophene rings is 1. The minimum Gasteiger partial charge on any atom is -0.383 e. The van der Waals surface area contributed by atoms with Crippen LogP contribution < -0.4 is 5.32 Å². The molecule has 0 saturated carbocycles. The van der Waals surface area contributed by atoms with Crippen molar-refractivity contribution in [1.29, 1.82) is 0 Å². The number of hydrogen-bond acceptors (Lipinski definition) is 4. The number of hydrogen-bond donors (Lipinski definition) is 1. The fraction of sp³-hybridized carbons (Fsp3) is 0.636. The highest BCUT2D eigenvalue weighted by Gasteiger charge is 2.00. The third-order valence-electron chi connectivity index (χ3n) is 2.07. The Kier molecular flexibility index (Phi) is 8.06. The Hall–Kier alpha value is 0.0600. The molecule has 1 aromatic heterocycles. The first-order chi connectivity index (χ1) is 7.84. The molecular weight excluding hydrogens is 290 g/mol. The molecule has 0 aliphatic heterocycles. The lowest BCUT2D eigenvalue weighted by Crippen LogP contribution is -2.23. The fourth-order valence-corrected chi connectivity index (χ4v) is 2.75. The maximum absolute atomic E-state index is 5.52. The van der Waals surface area contributed by atoms with Crippen LogP contribution in [0.3, 0.4) is 0 Å². The van der Waals surface area contributed by atoms with Gasteiger partial charge in [-0.15, -0.1) is 11.3 Å². The lowest BCUT2D eigenvalue weighted by atomic mass is 10.4. The lowest BCUT2D eigenvalue weighted by molar-refractivity contribution is 0.135. The quantitative estimate of drug-likeness (QED) is 0.710. The van der Waals surface area contributed by atoms with E-state index in [0.29, 0.717) is 0 Å². The van der Waals surface area contributed by atoms with Crippen LogP contribution in [0.1, 0.15) is 4.88 Å². The summed E-state index contributed by atoms with van der Waals surface area (Å²) in [6.07, 6.45) is 0.982. The number of halogens is 1. The molecule has 0 saturated heterocycles.